The first kappa shape index (κ1) is 16.5. The van der Waals surface area contributed by atoms with Crippen molar-refractivity contribution in [2.24, 2.45) is 5.92 Å². The molecule has 23 heavy (non-hydrogen) atoms. The molecule has 126 valence electrons. The summed E-state index contributed by atoms with van der Waals surface area (Å²) in [7, 11) is 0. The highest BCUT2D eigenvalue weighted by Crippen LogP contribution is 2.27. The second-order valence-electron chi connectivity index (χ2n) is 6.64. The molecule has 1 aliphatic carbocycles. The van der Waals surface area contributed by atoms with Gasteiger partial charge in [-0.1, -0.05) is 19.8 Å². The minimum absolute atomic E-state index is 0.130. The summed E-state index contributed by atoms with van der Waals surface area (Å²) in [5.74, 6) is 0.685. The van der Waals surface area contributed by atoms with Crippen LogP contribution in [0, 0.1) is 12.8 Å². The van der Waals surface area contributed by atoms with Crippen LogP contribution in [0.3, 0.4) is 0 Å². The number of rotatable bonds is 3. The average molecular weight is 334 g/mol. The van der Waals surface area contributed by atoms with Gasteiger partial charge in [0, 0.05) is 37.0 Å². The first-order chi connectivity index (χ1) is 11.1. The molecule has 0 radical (unpaired) electrons. The third-order valence-corrected chi connectivity index (χ3v) is 6.28. The normalized spacial score (nSPS) is 19.4. The molecule has 1 saturated carbocycles. The number of hydrogen-bond donors (Lipinski definition) is 0. The zero-order chi connectivity index (χ0) is 16.4. The van der Waals surface area contributed by atoms with Crippen LogP contribution < -0.4 is 0 Å². The highest BCUT2D eigenvalue weighted by atomic mass is 32.1. The lowest BCUT2D eigenvalue weighted by molar-refractivity contribution is -0.136. The monoisotopic (exact) mass is 334 g/mol. The summed E-state index contributed by atoms with van der Waals surface area (Å²) in [6, 6.07) is 2.04. The van der Waals surface area contributed by atoms with E-state index >= 15 is 0 Å². The fraction of sp³-hybridized carbons (Fsp3) is 0.667. The zero-order valence-electron chi connectivity index (χ0n) is 14.1. The molecule has 1 aromatic heterocycles. The Hall–Kier alpha value is -1.36. The molecule has 1 saturated heterocycles. The molecule has 1 aliphatic heterocycles. The number of carbonyl (C=O) groups is 2. The van der Waals surface area contributed by atoms with Crippen LogP contribution in [0.2, 0.25) is 0 Å². The molecule has 4 nitrogen and oxygen atoms in total. The van der Waals surface area contributed by atoms with Crippen LogP contribution >= 0.6 is 11.3 Å². The second-order valence-corrected chi connectivity index (χ2v) is 7.90. The lowest BCUT2D eigenvalue weighted by Gasteiger charge is -2.35. The number of nitrogens with zero attached hydrogens (tertiary/aromatic N) is 2. The molecule has 2 fully saturated rings. The standard InChI is InChI=1S/C18H26N2O2S/c1-3-14-12-16(23-13(14)2)18(22)20-10-8-19(9-11-20)17(21)15-6-4-5-7-15/h12,15H,3-11H2,1-2H3. The van der Waals surface area contributed by atoms with Crippen LogP contribution in [0.15, 0.2) is 6.07 Å². The van der Waals surface area contributed by atoms with Gasteiger partial charge < -0.3 is 9.80 Å². The minimum Gasteiger partial charge on any atom is -0.339 e. The van der Waals surface area contributed by atoms with Crippen LogP contribution in [0.5, 0.6) is 0 Å². The molecule has 0 aromatic carbocycles. The summed E-state index contributed by atoms with van der Waals surface area (Å²) in [5.41, 5.74) is 1.27. The van der Waals surface area contributed by atoms with Crippen LogP contribution in [-0.4, -0.2) is 47.8 Å². The number of carbonyl (C=O) groups excluding carboxylic acids is 2. The molecule has 5 heteroatoms. The topological polar surface area (TPSA) is 40.6 Å². The number of piperazine rings is 1. The predicted molar refractivity (Wildman–Crippen MR) is 92.9 cm³/mol. The van der Waals surface area contributed by atoms with Crippen molar-refractivity contribution < 1.29 is 9.59 Å². The van der Waals surface area contributed by atoms with Crippen LogP contribution in [0.4, 0.5) is 0 Å². The maximum Gasteiger partial charge on any atom is 0.264 e. The van der Waals surface area contributed by atoms with Gasteiger partial charge >= 0.3 is 0 Å². The van der Waals surface area contributed by atoms with Crippen molar-refractivity contribution in [3.8, 4) is 0 Å². The first-order valence-electron chi connectivity index (χ1n) is 8.77. The molecule has 3 rings (SSSR count). The van der Waals surface area contributed by atoms with Gasteiger partial charge in [-0.25, -0.2) is 0 Å². The average Bonchev–Trinajstić information content (AvgIpc) is 3.23. The predicted octanol–water partition coefficient (Wildman–Crippen LogP) is 3.09. The lowest BCUT2D eigenvalue weighted by Crippen LogP contribution is -2.51. The van der Waals surface area contributed by atoms with Gasteiger partial charge in [0.25, 0.3) is 5.91 Å². The molecule has 2 aliphatic rings. The van der Waals surface area contributed by atoms with Gasteiger partial charge in [0.05, 0.1) is 4.88 Å². The van der Waals surface area contributed by atoms with E-state index in [2.05, 4.69) is 13.8 Å². The molecule has 0 spiro atoms. The maximum atomic E-state index is 12.6. The highest BCUT2D eigenvalue weighted by molar-refractivity contribution is 7.14. The van der Waals surface area contributed by atoms with Crippen molar-refractivity contribution in [3.05, 3.63) is 21.4 Å². The largest absolute Gasteiger partial charge is 0.339 e. The van der Waals surface area contributed by atoms with Crippen molar-refractivity contribution in [3.63, 3.8) is 0 Å². The van der Waals surface area contributed by atoms with Gasteiger partial charge in [0.15, 0.2) is 0 Å². The molecule has 0 bridgehead atoms. The Morgan fingerprint density at radius 2 is 1.74 bits per heavy atom. The van der Waals surface area contributed by atoms with Crippen molar-refractivity contribution in [1.29, 1.82) is 0 Å². The summed E-state index contributed by atoms with van der Waals surface area (Å²) >= 11 is 1.60. The minimum atomic E-state index is 0.130. The van der Waals surface area contributed by atoms with Crippen molar-refractivity contribution in [2.45, 2.75) is 46.0 Å². The molecule has 0 atom stereocenters. The molecule has 0 N–H and O–H groups in total. The third-order valence-electron chi connectivity index (χ3n) is 5.20. The Morgan fingerprint density at radius 3 is 2.30 bits per heavy atom. The van der Waals surface area contributed by atoms with Gasteiger partial charge in [-0.3, -0.25) is 9.59 Å². The number of hydrogen-bond acceptors (Lipinski definition) is 3. The van der Waals surface area contributed by atoms with Crippen molar-refractivity contribution in [2.75, 3.05) is 26.2 Å². The van der Waals surface area contributed by atoms with Gasteiger partial charge in [0.1, 0.15) is 0 Å². The fourth-order valence-electron chi connectivity index (χ4n) is 3.69. The molecule has 2 heterocycles. The summed E-state index contributed by atoms with van der Waals surface area (Å²) in [6.07, 6.45) is 5.44. The lowest BCUT2D eigenvalue weighted by atomic mass is 10.1. The Labute approximate surface area is 142 Å². The quantitative estimate of drug-likeness (QED) is 0.852. The Morgan fingerprint density at radius 1 is 1.13 bits per heavy atom. The van der Waals surface area contributed by atoms with E-state index in [-0.39, 0.29) is 11.8 Å². The van der Waals surface area contributed by atoms with Gasteiger partial charge in [-0.15, -0.1) is 11.3 Å². The molecule has 2 amide bonds. The first-order valence-corrected chi connectivity index (χ1v) is 9.59. The smallest absolute Gasteiger partial charge is 0.264 e. The summed E-state index contributed by atoms with van der Waals surface area (Å²) in [4.78, 5) is 31.1. The van der Waals surface area contributed by atoms with E-state index in [1.165, 1.54) is 23.3 Å². The van der Waals surface area contributed by atoms with E-state index in [4.69, 9.17) is 0 Å². The molecular formula is C18H26N2O2S. The molecule has 1 aromatic rings. The van der Waals surface area contributed by atoms with E-state index in [0.29, 0.717) is 32.1 Å². The molecular weight excluding hydrogens is 308 g/mol. The Bertz CT molecular complexity index is 582. The maximum absolute atomic E-state index is 12.6. The fourth-order valence-corrected chi connectivity index (χ4v) is 4.77. The van der Waals surface area contributed by atoms with E-state index in [0.717, 1.165) is 24.1 Å². The van der Waals surface area contributed by atoms with Gasteiger partial charge in [-0.05, 0) is 37.8 Å². The third kappa shape index (κ3) is 3.44. The summed E-state index contributed by atoms with van der Waals surface area (Å²) in [6.45, 7) is 6.90. The van der Waals surface area contributed by atoms with Crippen molar-refractivity contribution in [1.82, 2.24) is 9.80 Å². The van der Waals surface area contributed by atoms with E-state index in [9.17, 15) is 9.59 Å². The van der Waals surface area contributed by atoms with E-state index < -0.39 is 0 Å². The number of aryl methyl sites for hydroxylation is 2. The zero-order valence-corrected chi connectivity index (χ0v) is 15.0. The Balaban J connectivity index is 1.57. The van der Waals surface area contributed by atoms with Gasteiger partial charge in [0.2, 0.25) is 5.91 Å². The summed E-state index contributed by atoms with van der Waals surface area (Å²) in [5, 5.41) is 0. The SMILES string of the molecule is CCc1cc(C(=O)N2CCN(C(=O)C3CCCC3)CC2)sc1C. The van der Waals surface area contributed by atoms with E-state index in [1.807, 2.05) is 15.9 Å². The van der Waals surface area contributed by atoms with Crippen LogP contribution in [-0.2, 0) is 11.2 Å². The molecule has 0 unspecified atom stereocenters. The number of amides is 2. The van der Waals surface area contributed by atoms with Crippen LogP contribution in [0.25, 0.3) is 0 Å². The summed E-state index contributed by atoms with van der Waals surface area (Å²) < 4.78 is 0. The van der Waals surface area contributed by atoms with E-state index in [1.54, 1.807) is 11.3 Å². The Kier molecular flexibility index (Phi) is 5.05. The second kappa shape index (κ2) is 7.04. The number of thiophene rings is 1. The van der Waals surface area contributed by atoms with Crippen LogP contribution in [0.1, 0.15) is 52.7 Å². The highest BCUT2D eigenvalue weighted by Gasteiger charge is 2.31. The van der Waals surface area contributed by atoms with Gasteiger partial charge in [-0.2, -0.15) is 0 Å². The van der Waals surface area contributed by atoms with Crippen molar-refractivity contribution >= 4 is 23.2 Å².